The zero-order chi connectivity index (χ0) is 22.7. The number of hydrogen-bond donors (Lipinski definition) is 1. The summed E-state index contributed by atoms with van der Waals surface area (Å²) in [7, 11) is 0. The standard InChI is InChI=1S/C27H38O3/c1-19(2)9-7-11-21(4)15-25(28)16-22(5)12-8-10-20(3)13-14-24-18-26(29)23(6)17-27(24)30/h9,12-13,15,17-18,25,28H,7-8,10-11,14,16H2,1-6H3/b20-13+,21-15+,22-12+/t25-/m0/s1. The Bertz CT molecular complexity index is 809. The van der Waals surface area contributed by atoms with Gasteiger partial charge in [0.25, 0.3) is 0 Å². The summed E-state index contributed by atoms with van der Waals surface area (Å²) >= 11 is 0. The van der Waals surface area contributed by atoms with Crippen LogP contribution >= 0.6 is 0 Å². The highest BCUT2D eigenvalue weighted by Crippen LogP contribution is 2.18. The van der Waals surface area contributed by atoms with Gasteiger partial charge in [0.15, 0.2) is 11.6 Å². The molecule has 0 fully saturated rings. The quantitative estimate of drug-likeness (QED) is 0.312. The van der Waals surface area contributed by atoms with Crippen molar-refractivity contribution in [1.82, 2.24) is 0 Å². The molecule has 164 valence electrons. The summed E-state index contributed by atoms with van der Waals surface area (Å²) < 4.78 is 0. The second-order valence-corrected chi connectivity index (χ2v) is 8.67. The molecule has 3 heteroatoms. The maximum Gasteiger partial charge on any atom is 0.182 e. The van der Waals surface area contributed by atoms with E-state index in [1.165, 1.54) is 34.4 Å². The largest absolute Gasteiger partial charge is 0.389 e. The molecule has 0 aromatic rings. The number of hydrogen-bond acceptors (Lipinski definition) is 3. The normalized spacial score (nSPS) is 17.0. The fourth-order valence-electron chi connectivity index (χ4n) is 3.27. The first kappa shape index (κ1) is 25.8. The summed E-state index contributed by atoms with van der Waals surface area (Å²) in [5.74, 6) is -0.140. The topological polar surface area (TPSA) is 54.4 Å². The molecule has 3 nitrogen and oxygen atoms in total. The molecule has 0 saturated heterocycles. The van der Waals surface area contributed by atoms with Crippen molar-refractivity contribution in [1.29, 1.82) is 0 Å². The van der Waals surface area contributed by atoms with Gasteiger partial charge in [-0.2, -0.15) is 0 Å². The van der Waals surface area contributed by atoms with Gasteiger partial charge in [-0.3, -0.25) is 9.59 Å². The van der Waals surface area contributed by atoms with Crippen LogP contribution in [0.25, 0.3) is 0 Å². The lowest BCUT2D eigenvalue weighted by atomic mass is 9.95. The smallest absolute Gasteiger partial charge is 0.182 e. The summed E-state index contributed by atoms with van der Waals surface area (Å²) in [4.78, 5) is 23.7. The first-order valence-electron chi connectivity index (χ1n) is 10.9. The Morgan fingerprint density at radius 1 is 0.867 bits per heavy atom. The lowest BCUT2D eigenvalue weighted by molar-refractivity contribution is -0.115. The van der Waals surface area contributed by atoms with Gasteiger partial charge in [-0.05, 0) is 92.2 Å². The molecule has 1 rings (SSSR count). The van der Waals surface area contributed by atoms with Crippen molar-refractivity contribution in [2.75, 3.05) is 0 Å². The van der Waals surface area contributed by atoms with Gasteiger partial charge in [0, 0.05) is 11.1 Å². The summed E-state index contributed by atoms with van der Waals surface area (Å²) in [6.45, 7) is 12.1. The molecule has 0 heterocycles. The summed E-state index contributed by atoms with van der Waals surface area (Å²) in [5, 5.41) is 10.3. The van der Waals surface area contributed by atoms with Crippen molar-refractivity contribution in [3.8, 4) is 0 Å². The summed E-state index contributed by atoms with van der Waals surface area (Å²) in [6.07, 6.45) is 15.8. The minimum absolute atomic E-state index is 0.0647. The molecule has 0 aromatic carbocycles. The van der Waals surface area contributed by atoms with Crippen LogP contribution in [0.2, 0.25) is 0 Å². The van der Waals surface area contributed by atoms with Gasteiger partial charge in [-0.1, -0.05) is 46.6 Å². The average molecular weight is 411 g/mol. The minimum Gasteiger partial charge on any atom is -0.389 e. The van der Waals surface area contributed by atoms with Crippen molar-refractivity contribution in [3.63, 3.8) is 0 Å². The maximum atomic E-state index is 12.0. The van der Waals surface area contributed by atoms with Gasteiger partial charge >= 0.3 is 0 Å². The number of carbonyl (C=O) groups is 2. The van der Waals surface area contributed by atoms with Crippen LogP contribution in [0.15, 0.2) is 69.9 Å². The van der Waals surface area contributed by atoms with Gasteiger partial charge in [-0.15, -0.1) is 0 Å². The molecule has 0 aromatic heterocycles. The van der Waals surface area contributed by atoms with E-state index in [-0.39, 0.29) is 11.6 Å². The van der Waals surface area contributed by atoms with Crippen LogP contribution in [0, 0.1) is 0 Å². The van der Waals surface area contributed by atoms with E-state index in [0.717, 1.165) is 25.7 Å². The van der Waals surface area contributed by atoms with Crippen molar-refractivity contribution in [2.45, 2.75) is 86.2 Å². The predicted molar refractivity (Wildman–Crippen MR) is 126 cm³/mol. The molecular weight excluding hydrogens is 372 g/mol. The molecule has 30 heavy (non-hydrogen) atoms. The molecular formula is C27H38O3. The molecule has 0 saturated carbocycles. The minimum atomic E-state index is -0.442. The van der Waals surface area contributed by atoms with E-state index in [9.17, 15) is 14.7 Å². The zero-order valence-electron chi connectivity index (χ0n) is 19.5. The molecule has 0 radical (unpaired) electrons. The van der Waals surface area contributed by atoms with E-state index in [4.69, 9.17) is 0 Å². The molecule has 1 atom stereocenters. The second-order valence-electron chi connectivity index (χ2n) is 8.67. The Morgan fingerprint density at radius 2 is 1.50 bits per heavy atom. The van der Waals surface area contributed by atoms with Crippen LogP contribution in [0.1, 0.15) is 80.1 Å². The molecule has 1 aliphatic rings. The third-order valence-electron chi connectivity index (χ3n) is 5.16. The van der Waals surface area contributed by atoms with Gasteiger partial charge in [-0.25, -0.2) is 0 Å². The highest BCUT2D eigenvalue weighted by molar-refractivity contribution is 6.19. The van der Waals surface area contributed by atoms with Gasteiger partial charge in [0.2, 0.25) is 0 Å². The third-order valence-corrected chi connectivity index (χ3v) is 5.16. The van der Waals surface area contributed by atoms with Crippen LogP contribution in [0.3, 0.4) is 0 Å². The molecule has 1 aliphatic carbocycles. The Balaban J connectivity index is 2.44. The maximum absolute atomic E-state index is 12.0. The Kier molecular flexibility index (Phi) is 11.3. The third kappa shape index (κ3) is 10.5. The van der Waals surface area contributed by atoms with E-state index in [2.05, 4.69) is 39.8 Å². The first-order chi connectivity index (χ1) is 14.1. The summed E-state index contributed by atoms with van der Waals surface area (Å²) in [5.41, 5.74) is 5.99. The van der Waals surface area contributed by atoms with Gasteiger partial charge < -0.3 is 5.11 Å². The van der Waals surface area contributed by atoms with Crippen LogP contribution in [-0.2, 0) is 9.59 Å². The lowest BCUT2D eigenvalue weighted by Crippen LogP contribution is -2.11. The molecule has 0 spiro atoms. The number of rotatable bonds is 11. The number of carbonyl (C=O) groups excluding carboxylic acids is 2. The molecule has 1 N–H and O–H groups in total. The van der Waals surface area contributed by atoms with Gasteiger partial charge in [0.1, 0.15) is 0 Å². The monoisotopic (exact) mass is 410 g/mol. The van der Waals surface area contributed by atoms with Crippen LogP contribution < -0.4 is 0 Å². The fraction of sp³-hybridized carbons (Fsp3) is 0.481. The molecule has 0 unspecified atom stereocenters. The van der Waals surface area contributed by atoms with Crippen molar-refractivity contribution in [2.24, 2.45) is 0 Å². The Labute approximate surface area is 182 Å². The number of aliphatic hydroxyl groups excluding tert-OH is 1. The van der Waals surface area contributed by atoms with E-state index in [1.54, 1.807) is 6.92 Å². The number of ketones is 2. The van der Waals surface area contributed by atoms with Crippen LogP contribution in [0.4, 0.5) is 0 Å². The molecule has 0 aliphatic heterocycles. The summed E-state index contributed by atoms with van der Waals surface area (Å²) in [6, 6.07) is 0. The SMILES string of the molecule is CC(C)=CCC/C(C)=C/[C@H](O)C/C(C)=C/CC/C(C)=C/CC1=CC(=O)C(C)=CC1=O. The number of allylic oxidation sites excluding steroid dienone is 10. The van der Waals surface area contributed by atoms with Crippen LogP contribution in [0.5, 0.6) is 0 Å². The fourth-order valence-corrected chi connectivity index (χ4v) is 3.27. The number of aliphatic hydroxyl groups is 1. The first-order valence-corrected chi connectivity index (χ1v) is 10.9. The van der Waals surface area contributed by atoms with Gasteiger partial charge in [0.05, 0.1) is 6.10 Å². The van der Waals surface area contributed by atoms with Crippen molar-refractivity contribution in [3.05, 3.63) is 69.9 Å². The second kappa shape index (κ2) is 13.1. The van der Waals surface area contributed by atoms with E-state index in [0.29, 0.717) is 24.0 Å². The van der Waals surface area contributed by atoms with E-state index < -0.39 is 6.10 Å². The van der Waals surface area contributed by atoms with E-state index in [1.807, 2.05) is 19.1 Å². The highest BCUT2D eigenvalue weighted by Gasteiger charge is 2.16. The lowest BCUT2D eigenvalue weighted by Gasteiger charge is -2.09. The van der Waals surface area contributed by atoms with E-state index >= 15 is 0 Å². The van der Waals surface area contributed by atoms with Crippen molar-refractivity contribution < 1.29 is 14.7 Å². The predicted octanol–water partition coefficient (Wildman–Crippen LogP) is 6.52. The highest BCUT2D eigenvalue weighted by atomic mass is 16.3. The van der Waals surface area contributed by atoms with Crippen LogP contribution in [-0.4, -0.2) is 22.8 Å². The Morgan fingerprint density at radius 3 is 2.17 bits per heavy atom. The van der Waals surface area contributed by atoms with Crippen molar-refractivity contribution >= 4 is 11.6 Å². The molecule has 0 bridgehead atoms. The average Bonchev–Trinajstić information content (AvgIpc) is 2.63. The zero-order valence-corrected chi connectivity index (χ0v) is 19.5. The molecule has 0 amide bonds. The Hall–Kier alpha value is -2.26.